The average molecular weight is 483 g/mol. The molecule has 11 heteroatoms. The summed E-state index contributed by atoms with van der Waals surface area (Å²) in [5, 5.41) is 7.82. The molecule has 1 aliphatic heterocycles. The topological polar surface area (TPSA) is 108 Å². The standard InChI is InChI=1S/C23H29F3N4O4/c1-14-10-21(2,3)13-22(11-14)19(33)30(20(34)29-22)12-17(31)27-8-9-28-18(32)15-4-6-16(7-5-15)23(24,25)26/h4-7,14H,8-13H2,1-3H3,(H,27,31)(H,28,32)(H,29,34). The number of benzene rings is 1. The van der Waals surface area contributed by atoms with Crippen LogP contribution in [0.4, 0.5) is 18.0 Å². The molecule has 1 aromatic carbocycles. The fraction of sp³-hybridized carbons (Fsp3) is 0.565. The number of nitrogens with zero attached hydrogens (tertiary/aromatic N) is 1. The second kappa shape index (κ2) is 9.27. The van der Waals surface area contributed by atoms with E-state index in [1.54, 1.807) is 0 Å². The highest BCUT2D eigenvalue weighted by Crippen LogP contribution is 2.46. The Morgan fingerprint density at radius 2 is 1.71 bits per heavy atom. The summed E-state index contributed by atoms with van der Waals surface area (Å²) in [6.45, 7) is 5.74. The van der Waals surface area contributed by atoms with E-state index in [4.69, 9.17) is 0 Å². The van der Waals surface area contributed by atoms with Crippen molar-refractivity contribution in [1.82, 2.24) is 20.9 Å². The maximum Gasteiger partial charge on any atom is 0.416 e. The number of amides is 5. The van der Waals surface area contributed by atoms with E-state index in [2.05, 4.69) is 29.8 Å². The molecule has 2 unspecified atom stereocenters. The lowest BCUT2D eigenvalue weighted by Crippen LogP contribution is -2.54. The van der Waals surface area contributed by atoms with E-state index in [1.807, 2.05) is 6.92 Å². The van der Waals surface area contributed by atoms with Crippen LogP contribution in [-0.4, -0.2) is 53.8 Å². The van der Waals surface area contributed by atoms with Gasteiger partial charge >= 0.3 is 12.2 Å². The van der Waals surface area contributed by atoms with E-state index in [0.29, 0.717) is 12.8 Å². The molecule has 2 atom stereocenters. The van der Waals surface area contributed by atoms with Crippen molar-refractivity contribution in [3.63, 3.8) is 0 Å². The van der Waals surface area contributed by atoms with Crippen molar-refractivity contribution >= 4 is 23.8 Å². The van der Waals surface area contributed by atoms with Gasteiger partial charge in [0.15, 0.2) is 0 Å². The zero-order valence-corrected chi connectivity index (χ0v) is 19.3. The number of hydrogen-bond acceptors (Lipinski definition) is 4. The van der Waals surface area contributed by atoms with Gasteiger partial charge in [0.2, 0.25) is 5.91 Å². The highest BCUT2D eigenvalue weighted by Gasteiger charge is 2.56. The van der Waals surface area contributed by atoms with Crippen molar-refractivity contribution in [3.8, 4) is 0 Å². The van der Waals surface area contributed by atoms with Crippen molar-refractivity contribution in [2.45, 2.75) is 51.7 Å². The summed E-state index contributed by atoms with van der Waals surface area (Å²) in [7, 11) is 0. The molecule has 3 N–H and O–H groups in total. The maximum absolute atomic E-state index is 13.1. The number of alkyl halides is 3. The molecular formula is C23H29F3N4O4. The first-order valence-corrected chi connectivity index (χ1v) is 11.1. The largest absolute Gasteiger partial charge is 0.416 e. The van der Waals surface area contributed by atoms with Gasteiger partial charge in [-0.25, -0.2) is 4.79 Å². The Balaban J connectivity index is 1.47. The van der Waals surface area contributed by atoms with E-state index in [0.717, 1.165) is 35.6 Å². The first kappa shape index (κ1) is 25.5. The van der Waals surface area contributed by atoms with Crippen LogP contribution in [0.25, 0.3) is 0 Å². The molecule has 1 saturated carbocycles. The minimum Gasteiger partial charge on any atom is -0.353 e. The Labute approximate surface area is 195 Å². The zero-order chi connectivity index (χ0) is 25.3. The summed E-state index contributed by atoms with van der Waals surface area (Å²) in [6, 6.07) is 3.17. The Morgan fingerprint density at radius 1 is 1.09 bits per heavy atom. The zero-order valence-electron chi connectivity index (χ0n) is 19.3. The SMILES string of the molecule is CC1CC(C)(C)CC2(C1)NC(=O)N(CC(=O)NCCNC(=O)c1ccc(C(F)(F)F)cc1)C2=O. The third-order valence-electron chi connectivity index (χ3n) is 6.13. The molecule has 2 fully saturated rings. The van der Waals surface area contributed by atoms with Crippen LogP contribution in [0.15, 0.2) is 24.3 Å². The number of carbonyl (C=O) groups is 4. The van der Waals surface area contributed by atoms with Crippen LogP contribution in [0.3, 0.4) is 0 Å². The fourth-order valence-electron chi connectivity index (χ4n) is 5.14. The second-order valence-electron chi connectivity index (χ2n) is 9.94. The Morgan fingerprint density at radius 3 is 2.29 bits per heavy atom. The lowest BCUT2D eigenvalue weighted by atomic mass is 9.64. The van der Waals surface area contributed by atoms with Crippen molar-refractivity contribution in [2.75, 3.05) is 19.6 Å². The molecule has 1 saturated heterocycles. The van der Waals surface area contributed by atoms with Gasteiger partial charge in [-0.2, -0.15) is 13.2 Å². The van der Waals surface area contributed by atoms with Gasteiger partial charge < -0.3 is 16.0 Å². The molecule has 186 valence electrons. The number of nitrogens with one attached hydrogen (secondary N) is 3. The predicted molar refractivity (Wildman–Crippen MR) is 117 cm³/mol. The second-order valence-corrected chi connectivity index (χ2v) is 9.94. The third-order valence-corrected chi connectivity index (χ3v) is 6.13. The Hall–Kier alpha value is -3.11. The van der Waals surface area contributed by atoms with Crippen molar-refractivity contribution in [3.05, 3.63) is 35.4 Å². The summed E-state index contributed by atoms with van der Waals surface area (Å²) < 4.78 is 37.8. The molecule has 0 radical (unpaired) electrons. The van der Waals surface area contributed by atoms with Gasteiger partial charge in [0.1, 0.15) is 12.1 Å². The van der Waals surface area contributed by atoms with E-state index in [9.17, 15) is 32.3 Å². The molecule has 5 amide bonds. The minimum atomic E-state index is -4.49. The third kappa shape index (κ3) is 5.68. The normalized spacial score (nSPS) is 24.2. The molecule has 8 nitrogen and oxygen atoms in total. The Bertz CT molecular complexity index is 977. The van der Waals surface area contributed by atoms with Gasteiger partial charge in [0.25, 0.3) is 11.8 Å². The average Bonchev–Trinajstić information content (AvgIpc) is 2.92. The van der Waals surface area contributed by atoms with Crippen LogP contribution in [-0.2, 0) is 15.8 Å². The maximum atomic E-state index is 13.1. The van der Waals surface area contributed by atoms with Crippen LogP contribution in [0.1, 0.15) is 56.0 Å². The van der Waals surface area contributed by atoms with Crippen LogP contribution < -0.4 is 16.0 Å². The Kier molecular flexibility index (Phi) is 6.95. The van der Waals surface area contributed by atoms with Crippen LogP contribution in [0, 0.1) is 11.3 Å². The minimum absolute atomic E-state index is 0.0153. The number of halogens is 3. The van der Waals surface area contributed by atoms with Crippen molar-refractivity contribution in [2.24, 2.45) is 11.3 Å². The molecule has 1 aromatic rings. The van der Waals surface area contributed by atoms with Gasteiger partial charge in [-0.1, -0.05) is 20.8 Å². The quantitative estimate of drug-likeness (QED) is 0.428. The fourth-order valence-corrected chi connectivity index (χ4v) is 5.14. The number of carbonyl (C=O) groups excluding carboxylic acids is 4. The highest BCUT2D eigenvalue weighted by molar-refractivity contribution is 6.09. The van der Waals surface area contributed by atoms with Crippen molar-refractivity contribution in [1.29, 1.82) is 0 Å². The first-order chi connectivity index (χ1) is 15.7. The molecule has 34 heavy (non-hydrogen) atoms. The summed E-state index contributed by atoms with van der Waals surface area (Å²) in [6.07, 6.45) is -2.52. The van der Waals surface area contributed by atoms with Crippen LogP contribution >= 0.6 is 0 Å². The highest BCUT2D eigenvalue weighted by atomic mass is 19.4. The van der Waals surface area contributed by atoms with E-state index in [-0.39, 0.29) is 30.0 Å². The number of imide groups is 1. The van der Waals surface area contributed by atoms with Gasteiger partial charge in [-0.15, -0.1) is 0 Å². The van der Waals surface area contributed by atoms with Crippen LogP contribution in [0.2, 0.25) is 0 Å². The number of rotatable bonds is 6. The molecule has 0 aromatic heterocycles. The van der Waals surface area contributed by atoms with E-state index >= 15 is 0 Å². The predicted octanol–water partition coefficient (Wildman–Crippen LogP) is 2.69. The van der Waals surface area contributed by atoms with E-state index in [1.165, 1.54) is 0 Å². The molecular weight excluding hydrogens is 453 g/mol. The molecule has 0 bridgehead atoms. The molecule has 2 aliphatic rings. The summed E-state index contributed by atoms with van der Waals surface area (Å²) in [4.78, 5) is 50.8. The smallest absolute Gasteiger partial charge is 0.353 e. The molecule has 1 heterocycles. The van der Waals surface area contributed by atoms with E-state index < -0.39 is 47.6 Å². The van der Waals surface area contributed by atoms with Gasteiger partial charge in [-0.05, 0) is 54.9 Å². The number of urea groups is 1. The molecule has 1 spiro atoms. The summed E-state index contributed by atoms with van der Waals surface area (Å²) in [5.74, 6) is -1.31. The lowest BCUT2D eigenvalue weighted by Gasteiger charge is -2.43. The van der Waals surface area contributed by atoms with Gasteiger partial charge in [0, 0.05) is 18.7 Å². The van der Waals surface area contributed by atoms with Gasteiger partial charge in [0.05, 0.1) is 5.56 Å². The molecule has 3 rings (SSSR count). The van der Waals surface area contributed by atoms with Crippen LogP contribution in [0.5, 0.6) is 0 Å². The number of hydrogen-bond donors (Lipinski definition) is 3. The lowest BCUT2D eigenvalue weighted by molar-refractivity contribution is -0.138. The van der Waals surface area contributed by atoms with Crippen molar-refractivity contribution < 1.29 is 32.3 Å². The monoisotopic (exact) mass is 482 g/mol. The first-order valence-electron chi connectivity index (χ1n) is 11.1. The summed E-state index contributed by atoms with van der Waals surface area (Å²) >= 11 is 0. The summed E-state index contributed by atoms with van der Waals surface area (Å²) in [5.41, 5.74) is -1.92. The van der Waals surface area contributed by atoms with Gasteiger partial charge in [-0.3, -0.25) is 19.3 Å². The molecule has 1 aliphatic carbocycles.